The molecule has 0 unspecified atom stereocenters. The lowest BCUT2D eigenvalue weighted by molar-refractivity contribution is 0.0697. The molecule has 0 bridgehead atoms. The summed E-state index contributed by atoms with van der Waals surface area (Å²) in [6.45, 7) is 0.848. The van der Waals surface area contributed by atoms with Crippen molar-refractivity contribution in [2.75, 3.05) is 25.0 Å². The summed E-state index contributed by atoms with van der Waals surface area (Å²) in [4.78, 5) is 13.5. The highest BCUT2D eigenvalue weighted by atomic mass is 35.5. The minimum Gasteiger partial charge on any atom is -0.478 e. The second-order valence-electron chi connectivity index (χ2n) is 12.1. The number of aromatic nitrogens is 1. The number of nitrogens with zero attached hydrogens (tertiary/aromatic N) is 2. The van der Waals surface area contributed by atoms with Crippen LogP contribution in [0.25, 0.3) is 10.9 Å². The first-order valence-electron chi connectivity index (χ1n) is 16.2. The number of aromatic carboxylic acids is 1. The van der Waals surface area contributed by atoms with Crippen molar-refractivity contribution in [1.82, 2.24) is 9.29 Å². The third-order valence-electron chi connectivity index (χ3n) is 8.81. The molecule has 7 nitrogen and oxygen atoms in total. The maximum atomic E-state index is 13.2. The summed E-state index contributed by atoms with van der Waals surface area (Å²) in [7, 11) is -1.61. The monoisotopic (exact) mass is 691 g/mol. The number of hydrogen-bond acceptors (Lipinski definition) is 4. The third kappa shape index (κ3) is 8.05. The fourth-order valence-corrected chi connectivity index (χ4v) is 7.77. The Morgan fingerprint density at radius 2 is 1.41 bits per heavy atom. The van der Waals surface area contributed by atoms with Crippen LogP contribution in [-0.4, -0.2) is 44.2 Å². The predicted octanol–water partition coefficient (Wildman–Crippen LogP) is 7.97. The molecule has 250 valence electrons. The molecule has 0 spiro atoms. The van der Waals surface area contributed by atoms with E-state index in [4.69, 9.17) is 11.6 Å². The average molecular weight is 692 g/mol. The van der Waals surface area contributed by atoms with Crippen molar-refractivity contribution < 1.29 is 18.3 Å². The Morgan fingerprint density at radius 3 is 2.00 bits per heavy atom. The predicted molar refractivity (Wildman–Crippen MR) is 198 cm³/mol. The van der Waals surface area contributed by atoms with Gasteiger partial charge in [-0.1, -0.05) is 103 Å². The summed E-state index contributed by atoms with van der Waals surface area (Å²) in [6, 6.07) is 42.5. The molecule has 1 aromatic heterocycles. The lowest BCUT2D eigenvalue weighted by Gasteiger charge is -2.25. The van der Waals surface area contributed by atoms with Gasteiger partial charge >= 0.3 is 5.97 Å². The van der Waals surface area contributed by atoms with Gasteiger partial charge in [0.05, 0.1) is 17.4 Å². The second-order valence-corrected chi connectivity index (χ2v) is 14.3. The van der Waals surface area contributed by atoms with Gasteiger partial charge < -0.3 is 14.6 Å². The van der Waals surface area contributed by atoms with E-state index in [0.717, 1.165) is 44.5 Å². The Balaban J connectivity index is 1.43. The van der Waals surface area contributed by atoms with Gasteiger partial charge in [0.25, 0.3) is 0 Å². The Morgan fingerprint density at radius 1 is 0.816 bits per heavy atom. The number of carbonyl (C=O) groups is 1. The van der Waals surface area contributed by atoms with Gasteiger partial charge in [-0.05, 0) is 71.1 Å². The van der Waals surface area contributed by atoms with Crippen LogP contribution in [0.3, 0.4) is 0 Å². The number of nitrogens with one attached hydrogen (secondary N) is 1. The molecule has 6 aromatic rings. The lowest BCUT2D eigenvalue weighted by Crippen LogP contribution is -2.28. The molecule has 0 amide bonds. The number of halogens is 1. The first-order chi connectivity index (χ1) is 23.7. The standard InChI is InChI=1S/C40H38ClN3O4S/c1-43(34-20-17-32(18-21-34)40(45)46)26-24-35-36-27-33(41)19-22-37(36)44(39(30-13-7-3-8-14-30)31-15-9-4-10-16-31)38(35)23-25-42-49(47,48)28-29-11-5-2-6-12-29/h2-22,27,39,42H,23-26,28H2,1H3,(H,45,46). The highest BCUT2D eigenvalue weighted by molar-refractivity contribution is 7.88. The van der Waals surface area contributed by atoms with E-state index in [1.165, 1.54) is 0 Å². The Kier molecular flexibility index (Phi) is 10.5. The van der Waals surface area contributed by atoms with Crippen molar-refractivity contribution in [2.24, 2.45) is 0 Å². The number of benzene rings is 5. The number of likely N-dealkylation sites (N-methyl/N-ethyl adjacent to an activating group) is 1. The maximum absolute atomic E-state index is 13.2. The molecule has 0 saturated carbocycles. The van der Waals surface area contributed by atoms with Gasteiger partial charge in [-0.25, -0.2) is 17.9 Å². The number of fused-ring (bicyclic) bond motifs is 1. The number of hydrogen-bond donors (Lipinski definition) is 2. The van der Waals surface area contributed by atoms with Gasteiger partial charge in [0.2, 0.25) is 10.0 Å². The molecule has 0 radical (unpaired) electrons. The van der Waals surface area contributed by atoms with Crippen LogP contribution >= 0.6 is 11.6 Å². The van der Waals surface area contributed by atoms with Crippen LogP contribution < -0.4 is 9.62 Å². The van der Waals surface area contributed by atoms with Crippen LogP contribution in [0, 0.1) is 0 Å². The van der Waals surface area contributed by atoms with Gasteiger partial charge in [0.1, 0.15) is 0 Å². The molecule has 0 atom stereocenters. The van der Waals surface area contributed by atoms with E-state index in [-0.39, 0.29) is 23.9 Å². The zero-order valence-corrected chi connectivity index (χ0v) is 28.7. The molecule has 0 fully saturated rings. The lowest BCUT2D eigenvalue weighted by atomic mass is 9.97. The molecule has 5 aromatic carbocycles. The van der Waals surface area contributed by atoms with E-state index in [1.54, 1.807) is 12.1 Å². The molecule has 0 saturated heterocycles. The van der Waals surface area contributed by atoms with E-state index >= 15 is 0 Å². The zero-order chi connectivity index (χ0) is 34.4. The van der Waals surface area contributed by atoms with Crippen LogP contribution in [0.5, 0.6) is 0 Å². The summed E-state index contributed by atoms with van der Waals surface area (Å²) in [6.07, 6.45) is 1.09. The molecule has 0 aliphatic carbocycles. The van der Waals surface area contributed by atoms with Crippen molar-refractivity contribution in [1.29, 1.82) is 0 Å². The van der Waals surface area contributed by atoms with Crippen LogP contribution in [0.15, 0.2) is 133 Å². The smallest absolute Gasteiger partial charge is 0.335 e. The number of sulfonamides is 1. The molecule has 49 heavy (non-hydrogen) atoms. The number of carboxylic acid groups (broad SMARTS) is 1. The number of rotatable bonds is 14. The van der Waals surface area contributed by atoms with Crippen molar-refractivity contribution >= 4 is 44.2 Å². The highest BCUT2D eigenvalue weighted by Gasteiger charge is 2.26. The normalized spacial score (nSPS) is 11.7. The SMILES string of the molecule is CN(CCc1c(CCNS(=O)(=O)Cc2ccccc2)n(C(c2ccccc2)c2ccccc2)c2ccc(Cl)cc12)c1ccc(C(=O)O)cc1. The molecule has 9 heteroatoms. The van der Waals surface area contributed by atoms with Gasteiger partial charge in [-0.3, -0.25) is 0 Å². The average Bonchev–Trinajstić information content (AvgIpc) is 3.39. The Labute approximate surface area is 292 Å². The third-order valence-corrected chi connectivity index (χ3v) is 10.4. The molecule has 1 heterocycles. The van der Waals surface area contributed by atoms with Crippen LogP contribution in [0.4, 0.5) is 5.69 Å². The van der Waals surface area contributed by atoms with E-state index in [2.05, 4.69) is 44.5 Å². The summed E-state index contributed by atoms with van der Waals surface area (Å²) in [5.41, 5.74) is 7.19. The highest BCUT2D eigenvalue weighted by Crippen LogP contribution is 2.38. The number of anilines is 1. The van der Waals surface area contributed by atoms with Gasteiger partial charge in [0, 0.05) is 53.9 Å². The van der Waals surface area contributed by atoms with Crippen molar-refractivity contribution in [3.05, 3.63) is 172 Å². The first-order valence-corrected chi connectivity index (χ1v) is 18.2. The van der Waals surface area contributed by atoms with Gasteiger partial charge in [0.15, 0.2) is 0 Å². The Bertz CT molecular complexity index is 2100. The molecule has 0 aliphatic heterocycles. The molecular formula is C40H38ClN3O4S. The van der Waals surface area contributed by atoms with Crippen molar-refractivity contribution in [3.63, 3.8) is 0 Å². The topological polar surface area (TPSA) is 91.6 Å². The number of carboxylic acids is 1. The van der Waals surface area contributed by atoms with Crippen molar-refractivity contribution in [2.45, 2.75) is 24.6 Å². The fraction of sp³-hybridized carbons (Fsp3) is 0.175. The largest absolute Gasteiger partial charge is 0.478 e. The Hall–Kier alpha value is -4.89. The fourth-order valence-electron chi connectivity index (χ4n) is 6.45. The maximum Gasteiger partial charge on any atom is 0.335 e. The first kappa shape index (κ1) is 34.0. The molecule has 6 rings (SSSR count). The summed E-state index contributed by atoms with van der Waals surface area (Å²) in [5, 5.41) is 11.0. The molecule has 0 aliphatic rings. The minimum absolute atomic E-state index is 0.0958. The van der Waals surface area contributed by atoms with Crippen LogP contribution in [0.1, 0.15) is 44.3 Å². The summed E-state index contributed by atoms with van der Waals surface area (Å²) in [5.74, 6) is -1.06. The second kappa shape index (κ2) is 15.1. The van der Waals surface area contributed by atoms with E-state index < -0.39 is 16.0 Å². The zero-order valence-electron chi connectivity index (χ0n) is 27.2. The molecule has 2 N–H and O–H groups in total. The van der Waals surface area contributed by atoms with E-state index in [9.17, 15) is 18.3 Å². The molecular weight excluding hydrogens is 654 g/mol. The van der Waals surface area contributed by atoms with Gasteiger partial charge in [-0.15, -0.1) is 0 Å². The van der Waals surface area contributed by atoms with Crippen LogP contribution in [-0.2, 0) is 28.6 Å². The quantitative estimate of drug-likeness (QED) is 0.121. The van der Waals surface area contributed by atoms with Crippen LogP contribution in [0.2, 0.25) is 5.02 Å². The van der Waals surface area contributed by atoms with E-state index in [0.29, 0.717) is 24.4 Å². The minimum atomic E-state index is -3.59. The van der Waals surface area contributed by atoms with E-state index in [1.807, 2.05) is 98.0 Å². The summed E-state index contributed by atoms with van der Waals surface area (Å²) >= 11 is 6.65. The van der Waals surface area contributed by atoms with Crippen molar-refractivity contribution in [3.8, 4) is 0 Å². The summed E-state index contributed by atoms with van der Waals surface area (Å²) < 4.78 is 31.6. The van der Waals surface area contributed by atoms with Gasteiger partial charge in [-0.2, -0.15) is 0 Å².